The molecule has 0 N–H and O–H groups in total. The third-order valence-electron chi connectivity index (χ3n) is 2.26. The molecule has 2 aromatic rings. The van der Waals surface area contributed by atoms with E-state index in [1.165, 1.54) is 11.8 Å². The van der Waals surface area contributed by atoms with Gasteiger partial charge < -0.3 is 4.57 Å². The molecule has 0 bridgehead atoms. The number of benzene rings is 1. The predicted octanol–water partition coefficient (Wildman–Crippen LogP) is 3.50. The summed E-state index contributed by atoms with van der Waals surface area (Å²) in [5.74, 6) is 0.852. The zero-order valence-electron chi connectivity index (χ0n) is 8.85. The molecule has 0 saturated heterocycles. The molecule has 1 radical (unpaired) electrons. The minimum Gasteiger partial charge on any atom is -0.302 e. The molecular weight excluding hydrogens is 242 g/mol. The predicted molar refractivity (Wildman–Crippen MR) is 67.4 cm³/mol. The monoisotopic (exact) mass is 252 g/mol. The summed E-state index contributed by atoms with van der Waals surface area (Å²) < 4.78 is 2.03. The van der Waals surface area contributed by atoms with Crippen LogP contribution in [-0.2, 0) is 6.54 Å². The first-order valence-corrected chi connectivity index (χ1v) is 6.23. The van der Waals surface area contributed by atoms with Gasteiger partial charge in [0, 0.05) is 23.4 Å². The normalized spacial score (nSPS) is 10.7. The van der Waals surface area contributed by atoms with E-state index in [1.807, 2.05) is 28.8 Å². The summed E-state index contributed by atoms with van der Waals surface area (Å²) in [6.07, 6.45) is 3.76. The maximum Gasteiger partial charge on any atom is 0.191 e. The van der Waals surface area contributed by atoms with Gasteiger partial charge in [-0.2, -0.15) is 0 Å². The molecule has 1 aromatic carbocycles. The second-order valence-corrected chi connectivity index (χ2v) is 4.29. The van der Waals surface area contributed by atoms with Crippen LogP contribution < -0.4 is 0 Å². The quantitative estimate of drug-likeness (QED) is 0.784. The topological polar surface area (TPSA) is 30.7 Å². The molecule has 16 heavy (non-hydrogen) atoms. The zero-order valence-corrected chi connectivity index (χ0v) is 10.4. The van der Waals surface area contributed by atoms with Gasteiger partial charge in [-0.25, -0.2) is 0 Å². The van der Waals surface area contributed by atoms with Gasteiger partial charge in [-0.1, -0.05) is 23.4 Å². The van der Waals surface area contributed by atoms with E-state index in [4.69, 9.17) is 11.6 Å². The van der Waals surface area contributed by atoms with Crippen LogP contribution in [0.15, 0.2) is 29.4 Å². The van der Waals surface area contributed by atoms with Crippen LogP contribution in [0, 0.1) is 6.26 Å². The van der Waals surface area contributed by atoms with Gasteiger partial charge in [0.1, 0.15) is 0 Å². The fourth-order valence-electron chi connectivity index (χ4n) is 1.49. The van der Waals surface area contributed by atoms with Crippen LogP contribution in [0.2, 0.25) is 5.02 Å². The Hall–Kier alpha value is -1.00. The van der Waals surface area contributed by atoms with Crippen molar-refractivity contribution in [3.8, 4) is 11.4 Å². The smallest absolute Gasteiger partial charge is 0.191 e. The van der Waals surface area contributed by atoms with Gasteiger partial charge in [0.05, 0.1) is 0 Å². The molecular formula is C11H11ClN3S. The summed E-state index contributed by atoms with van der Waals surface area (Å²) in [5, 5.41) is 9.80. The summed E-state index contributed by atoms with van der Waals surface area (Å²) in [6, 6.07) is 7.58. The van der Waals surface area contributed by atoms with Crippen LogP contribution in [0.25, 0.3) is 11.4 Å². The van der Waals surface area contributed by atoms with Crippen LogP contribution in [0.1, 0.15) is 6.92 Å². The van der Waals surface area contributed by atoms with E-state index in [2.05, 4.69) is 23.4 Å². The summed E-state index contributed by atoms with van der Waals surface area (Å²) >= 11 is 7.20. The van der Waals surface area contributed by atoms with E-state index in [-0.39, 0.29) is 0 Å². The van der Waals surface area contributed by atoms with Gasteiger partial charge in [-0.05, 0) is 31.2 Å². The van der Waals surface area contributed by atoms with Crippen LogP contribution in [0.4, 0.5) is 0 Å². The number of hydrogen-bond acceptors (Lipinski definition) is 3. The Morgan fingerprint density at radius 3 is 2.56 bits per heavy atom. The maximum absolute atomic E-state index is 5.85. The summed E-state index contributed by atoms with van der Waals surface area (Å²) in [6.45, 7) is 2.88. The van der Waals surface area contributed by atoms with Gasteiger partial charge >= 0.3 is 0 Å². The number of aromatic nitrogens is 3. The fraction of sp³-hybridized carbons (Fsp3) is 0.182. The standard InChI is InChI=1S/C11H11ClN3S/c1-3-15-10(13-14-11(15)16-2)8-4-6-9(12)7-5-8/h4-7H,2-3H2,1H3. The Morgan fingerprint density at radius 1 is 1.31 bits per heavy atom. The first kappa shape index (κ1) is 11.5. The molecule has 1 heterocycles. The van der Waals surface area contributed by atoms with Crippen molar-refractivity contribution in [2.24, 2.45) is 0 Å². The molecule has 0 aliphatic heterocycles. The summed E-state index contributed by atoms with van der Waals surface area (Å²) in [5.41, 5.74) is 1.01. The van der Waals surface area contributed by atoms with Gasteiger partial charge in [-0.3, -0.25) is 0 Å². The lowest BCUT2D eigenvalue weighted by molar-refractivity contribution is 0.688. The van der Waals surface area contributed by atoms with Crippen LogP contribution in [-0.4, -0.2) is 14.8 Å². The second-order valence-electron chi connectivity index (χ2n) is 3.20. The maximum atomic E-state index is 5.85. The van der Waals surface area contributed by atoms with E-state index in [0.29, 0.717) is 0 Å². The highest BCUT2D eigenvalue weighted by Crippen LogP contribution is 2.24. The average molecular weight is 253 g/mol. The zero-order chi connectivity index (χ0) is 11.5. The van der Waals surface area contributed by atoms with Crippen molar-refractivity contribution < 1.29 is 0 Å². The highest BCUT2D eigenvalue weighted by Gasteiger charge is 2.11. The Balaban J connectivity index is 2.47. The van der Waals surface area contributed by atoms with Gasteiger partial charge in [-0.15, -0.1) is 10.2 Å². The Bertz CT molecular complexity index is 478. The minimum absolute atomic E-state index is 0.720. The molecule has 0 aliphatic rings. The molecule has 0 aliphatic carbocycles. The van der Waals surface area contributed by atoms with Crippen molar-refractivity contribution >= 4 is 23.4 Å². The average Bonchev–Trinajstić information content (AvgIpc) is 2.72. The number of halogens is 1. The highest BCUT2D eigenvalue weighted by molar-refractivity contribution is 8.00. The Labute approximate surface area is 104 Å². The molecule has 0 saturated carbocycles. The largest absolute Gasteiger partial charge is 0.302 e. The van der Waals surface area contributed by atoms with Crippen LogP contribution >= 0.6 is 23.4 Å². The Morgan fingerprint density at radius 2 is 2.00 bits per heavy atom. The minimum atomic E-state index is 0.720. The first-order chi connectivity index (χ1) is 7.76. The molecule has 2 rings (SSSR count). The molecule has 3 nitrogen and oxygen atoms in total. The van der Waals surface area contributed by atoms with Gasteiger partial charge in [0.15, 0.2) is 11.0 Å². The molecule has 5 heteroatoms. The Kier molecular flexibility index (Phi) is 3.51. The molecule has 0 fully saturated rings. The molecule has 1 aromatic heterocycles. The van der Waals surface area contributed by atoms with Crippen LogP contribution in [0.3, 0.4) is 0 Å². The lowest BCUT2D eigenvalue weighted by Gasteiger charge is -2.05. The molecule has 0 atom stereocenters. The van der Waals surface area contributed by atoms with Crippen molar-refractivity contribution in [2.45, 2.75) is 18.6 Å². The molecule has 0 amide bonds. The lowest BCUT2D eigenvalue weighted by atomic mass is 10.2. The van der Waals surface area contributed by atoms with Crippen molar-refractivity contribution in [1.29, 1.82) is 0 Å². The lowest BCUT2D eigenvalue weighted by Crippen LogP contribution is -1.98. The first-order valence-electron chi connectivity index (χ1n) is 4.87. The third kappa shape index (κ3) is 2.08. The molecule has 0 unspecified atom stereocenters. The fourth-order valence-corrected chi connectivity index (χ4v) is 2.09. The molecule has 83 valence electrons. The summed E-state index contributed by atoms with van der Waals surface area (Å²) in [7, 11) is 0. The molecule has 0 spiro atoms. The number of thioether (sulfide) groups is 1. The number of rotatable bonds is 3. The van der Waals surface area contributed by atoms with Gasteiger partial charge in [0.25, 0.3) is 0 Å². The second kappa shape index (κ2) is 4.89. The van der Waals surface area contributed by atoms with E-state index in [0.717, 1.165) is 28.1 Å². The number of hydrogen-bond donors (Lipinski definition) is 0. The van der Waals surface area contributed by atoms with Crippen molar-refractivity contribution in [2.75, 3.05) is 0 Å². The summed E-state index contributed by atoms with van der Waals surface area (Å²) in [4.78, 5) is 0. The highest BCUT2D eigenvalue weighted by atomic mass is 35.5. The van der Waals surface area contributed by atoms with Crippen molar-refractivity contribution in [1.82, 2.24) is 14.8 Å². The van der Waals surface area contributed by atoms with E-state index in [9.17, 15) is 0 Å². The van der Waals surface area contributed by atoms with E-state index < -0.39 is 0 Å². The van der Waals surface area contributed by atoms with Crippen molar-refractivity contribution in [3.63, 3.8) is 0 Å². The van der Waals surface area contributed by atoms with Crippen molar-refractivity contribution in [3.05, 3.63) is 35.5 Å². The third-order valence-corrected chi connectivity index (χ3v) is 3.08. The van der Waals surface area contributed by atoms with Gasteiger partial charge in [0.2, 0.25) is 0 Å². The van der Waals surface area contributed by atoms with Crippen LogP contribution in [0.5, 0.6) is 0 Å². The SMILES string of the molecule is [CH2]Sc1nnc(-c2ccc(Cl)cc2)n1CC. The van der Waals surface area contributed by atoms with E-state index >= 15 is 0 Å². The number of nitrogens with zero attached hydrogens (tertiary/aromatic N) is 3. The van der Waals surface area contributed by atoms with E-state index in [1.54, 1.807) is 0 Å².